The summed E-state index contributed by atoms with van der Waals surface area (Å²) in [6.07, 6.45) is 4.37. The number of aromatic nitrogens is 2. The van der Waals surface area contributed by atoms with Crippen molar-refractivity contribution < 1.29 is 0 Å². The second-order valence-electron chi connectivity index (χ2n) is 4.23. The van der Waals surface area contributed by atoms with Gasteiger partial charge in [-0.2, -0.15) is 0 Å². The van der Waals surface area contributed by atoms with Crippen molar-refractivity contribution in [2.75, 3.05) is 0 Å². The molecule has 1 aliphatic carbocycles. The second kappa shape index (κ2) is 4.53. The molecule has 0 aliphatic heterocycles. The lowest BCUT2D eigenvalue weighted by Gasteiger charge is -2.04. The summed E-state index contributed by atoms with van der Waals surface area (Å²) in [6.45, 7) is 0. The SMILES string of the molecule is Clc1nc(-c2cccc(C3CC3)c2)ncc1I. The summed E-state index contributed by atoms with van der Waals surface area (Å²) in [5, 5.41) is 0.521. The van der Waals surface area contributed by atoms with Crippen molar-refractivity contribution in [1.29, 1.82) is 0 Å². The molecule has 0 radical (unpaired) electrons. The number of benzene rings is 1. The molecule has 1 fully saturated rings. The first-order valence-corrected chi connectivity index (χ1v) is 6.98. The Labute approximate surface area is 119 Å². The fraction of sp³-hybridized carbons (Fsp3) is 0.231. The van der Waals surface area contributed by atoms with E-state index < -0.39 is 0 Å². The van der Waals surface area contributed by atoms with E-state index in [1.165, 1.54) is 18.4 Å². The van der Waals surface area contributed by atoms with E-state index in [1.807, 2.05) is 6.07 Å². The molecule has 17 heavy (non-hydrogen) atoms. The molecule has 0 bridgehead atoms. The summed E-state index contributed by atoms with van der Waals surface area (Å²) in [5.41, 5.74) is 2.44. The lowest BCUT2D eigenvalue weighted by molar-refractivity contribution is 1.12. The molecule has 0 unspecified atom stereocenters. The van der Waals surface area contributed by atoms with Crippen LogP contribution in [0.25, 0.3) is 11.4 Å². The van der Waals surface area contributed by atoms with Crippen molar-refractivity contribution in [2.45, 2.75) is 18.8 Å². The van der Waals surface area contributed by atoms with Crippen LogP contribution in [-0.4, -0.2) is 9.97 Å². The zero-order chi connectivity index (χ0) is 11.8. The van der Waals surface area contributed by atoms with Crippen LogP contribution in [0.15, 0.2) is 30.5 Å². The van der Waals surface area contributed by atoms with E-state index in [0.29, 0.717) is 11.0 Å². The molecule has 1 aromatic carbocycles. The van der Waals surface area contributed by atoms with Crippen molar-refractivity contribution in [3.63, 3.8) is 0 Å². The predicted molar refractivity (Wildman–Crippen MR) is 77.2 cm³/mol. The van der Waals surface area contributed by atoms with Gasteiger partial charge in [0.25, 0.3) is 0 Å². The first-order valence-electron chi connectivity index (χ1n) is 5.52. The lowest BCUT2D eigenvalue weighted by Crippen LogP contribution is -1.92. The maximum absolute atomic E-state index is 6.02. The molecule has 0 amide bonds. The molecule has 2 nitrogen and oxygen atoms in total. The average molecular weight is 357 g/mol. The van der Waals surface area contributed by atoms with Crippen LogP contribution < -0.4 is 0 Å². The summed E-state index contributed by atoms with van der Waals surface area (Å²) in [6, 6.07) is 8.45. The Kier molecular flexibility index (Phi) is 3.04. The molecule has 3 rings (SSSR count). The third kappa shape index (κ3) is 2.45. The Balaban J connectivity index is 2.01. The maximum Gasteiger partial charge on any atom is 0.160 e. The Bertz CT molecular complexity index is 567. The van der Waals surface area contributed by atoms with Crippen LogP contribution in [0.4, 0.5) is 0 Å². The highest BCUT2D eigenvalue weighted by Crippen LogP contribution is 2.40. The monoisotopic (exact) mass is 356 g/mol. The van der Waals surface area contributed by atoms with Gasteiger partial charge in [0.05, 0.1) is 3.57 Å². The lowest BCUT2D eigenvalue weighted by atomic mass is 10.1. The van der Waals surface area contributed by atoms with Gasteiger partial charge >= 0.3 is 0 Å². The van der Waals surface area contributed by atoms with Gasteiger partial charge in [0, 0.05) is 11.8 Å². The summed E-state index contributed by atoms with van der Waals surface area (Å²) < 4.78 is 0.881. The topological polar surface area (TPSA) is 25.8 Å². The fourth-order valence-corrected chi connectivity index (χ4v) is 2.22. The maximum atomic E-state index is 6.02. The molecule has 1 saturated carbocycles. The van der Waals surface area contributed by atoms with Crippen LogP contribution in [0.5, 0.6) is 0 Å². The van der Waals surface area contributed by atoms with E-state index >= 15 is 0 Å². The Morgan fingerprint density at radius 3 is 2.82 bits per heavy atom. The van der Waals surface area contributed by atoms with Gasteiger partial charge in [-0.15, -0.1) is 0 Å². The van der Waals surface area contributed by atoms with Gasteiger partial charge in [-0.25, -0.2) is 9.97 Å². The molecule has 1 heterocycles. The first-order chi connectivity index (χ1) is 8.24. The Hall–Kier alpha value is -0.680. The molecule has 0 atom stereocenters. The van der Waals surface area contributed by atoms with E-state index in [9.17, 15) is 0 Å². The quantitative estimate of drug-likeness (QED) is 0.593. The highest BCUT2D eigenvalue weighted by atomic mass is 127. The third-order valence-corrected chi connectivity index (χ3v) is 4.29. The molecule has 0 spiro atoms. The highest BCUT2D eigenvalue weighted by Gasteiger charge is 2.23. The van der Waals surface area contributed by atoms with Crippen LogP contribution in [-0.2, 0) is 0 Å². The summed E-state index contributed by atoms with van der Waals surface area (Å²) >= 11 is 8.15. The molecule has 1 aromatic heterocycles. The van der Waals surface area contributed by atoms with E-state index in [0.717, 1.165) is 15.1 Å². The Morgan fingerprint density at radius 2 is 2.12 bits per heavy atom. The number of hydrogen-bond donors (Lipinski definition) is 0. The largest absolute Gasteiger partial charge is 0.235 e. The van der Waals surface area contributed by atoms with Gasteiger partial charge in [0.1, 0.15) is 5.15 Å². The van der Waals surface area contributed by atoms with Gasteiger partial charge < -0.3 is 0 Å². The summed E-state index contributed by atoms with van der Waals surface area (Å²) in [4.78, 5) is 8.64. The van der Waals surface area contributed by atoms with Crippen molar-refractivity contribution in [3.8, 4) is 11.4 Å². The molecular formula is C13H10ClIN2. The second-order valence-corrected chi connectivity index (χ2v) is 5.75. The minimum atomic E-state index is 0.521. The van der Waals surface area contributed by atoms with Crippen molar-refractivity contribution in [3.05, 3.63) is 44.7 Å². The number of rotatable bonds is 2. The molecule has 4 heteroatoms. The van der Waals surface area contributed by atoms with Crippen LogP contribution in [0.2, 0.25) is 5.15 Å². The van der Waals surface area contributed by atoms with Crippen molar-refractivity contribution in [2.24, 2.45) is 0 Å². The zero-order valence-corrected chi connectivity index (χ0v) is 11.9. The van der Waals surface area contributed by atoms with Crippen LogP contribution in [0.3, 0.4) is 0 Å². The molecule has 2 aromatic rings. The van der Waals surface area contributed by atoms with Crippen LogP contribution in [0, 0.1) is 3.57 Å². The predicted octanol–water partition coefficient (Wildman–Crippen LogP) is 4.28. The van der Waals surface area contributed by atoms with Gasteiger partial charge in [0.15, 0.2) is 5.82 Å². The normalized spacial score (nSPS) is 14.9. The van der Waals surface area contributed by atoms with Crippen molar-refractivity contribution in [1.82, 2.24) is 9.97 Å². The number of hydrogen-bond acceptors (Lipinski definition) is 2. The summed E-state index contributed by atoms with van der Waals surface area (Å²) in [5.74, 6) is 1.45. The Morgan fingerprint density at radius 1 is 1.29 bits per heavy atom. The zero-order valence-electron chi connectivity index (χ0n) is 9.03. The highest BCUT2D eigenvalue weighted by molar-refractivity contribution is 14.1. The average Bonchev–Trinajstić information content (AvgIpc) is 3.17. The molecule has 1 aliphatic rings. The molecule has 0 N–H and O–H groups in total. The summed E-state index contributed by atoms with van der Waals surface area (Å²) in [7, 11) is 0. The van der Waals surface area contributed by atoms with E-state index in [-0.39, 0.29) is 0 Å². The minimum Gasteiger partial charge on any atom is -0.235 e. The minimum absolute atomic E-state index is 0.521. The number of nitrogens with zero attached hydrogens (tertiary/aromatic N) is 2. The molecule has 86 valence electrons. The van der Waals surface area contributed by atoms with E-state index in [2.05, 4.69) is 50.8 Å². The van der Waals surface area contributed by atoms with Gasteiger partial charge in [-0.3, -0.25) is 0 Å². The van der Waals surface area contributed by atoms with Crippen LogP contribution >= 0.6 is 34.2 Å². The van der Waals surface area contributed by atoms with Gasteiger partial charge in [-0.05, 0) is 53.0 Å². The smallest absolute Gasteiger partial charge is 0.160 e. The fourth-order valence-electron chi connectivity index (χ4n) is 1.83. The number of halogens is 2. The molecular weight excluding hydrogens is 347 g/mol. The van der Waals surface area contributed by atoms with Gasteiger partial charge in [0.2, 0.25) is 0 Å². The molecule has 0 saturated heterocycles. The standard InChI is InChI=1S/C13H10ClIN2/c14-12-11(15)7-16-13(17-12)10-3-1-2-9(6-10)8-4-5-8/h1-3,6-8H,4-5H2. The van der Waals surface area contributed by atoms with Crippen LogP contribution in [0.1, 0.15) is 24.3 Å². The first kappa shape index (κ1) is 11.4. The van der Waals surface area contributed by atoms with E-state index in [1.54, 1.807) is 6.20 Å². The van der Waals surface area contributed by atoms with Gasteiger partial charge in [-0.1, -0.05) is 29.8 Å². The third-order valence-electron chi connectivity index (χ3n) is 2.89. The van der Waals surface area contributed by atoms with E-state index in [4.69, 9.17) is 11.6 Å². The van der Waals surface area contributed by atoms with Crippen molar-refractivity contribution >= 4 is 34.2 Å².